The lowest BCUT2D eigenvalue weighted by molar-refractivity contribution is 0.169. The minimum absolute atomic E-state index is 0.388. The van der Waals surface area contributed by atoms with Gasteiger partial charge in [0.15, 0.2) is 0 Å². The lowest BCUT2D eigenvalue weighted by Gasteiger charge is -2.38. The van der Waals surface area contributed by atoms with Crippen LogP contribution in [0.5, 0.6) is 5.75 Å². The lowest BCUT2D eigenvalue weighted by Crippen LogP contribution is -2.42. The normalized spacial score (nSPS) is 26.9. The molecule has 1 aliphatic rings. The van der Waals surface area contributed by atoms with Gasteiger partial charge in [0.05, 0.1) is 0 Å². The number of phenols is 1. The summed E-state index contributed by atoms with van der Waals surface area (Å²) in [4.78, 5) is 0. The van der Waals surface area contributed by atoms with E-state index in [4.69, 9.17) is 0 Å². The summed E-state index contributed by atoms with van der Waals surface area (Å²) in [5, 5.41) is 13.3. The van der Waals surface area contributed by atoms with Gasteiger partial charge < -0.3 is 10.4 Å². The van der Waals surface area contributed by atoms with Crippen LogP contribution in [0.25, 0.3) is 0 Å². The molecule has 2 N–H and O–H groups in total. The molecule has 0 radical (unpaired) electrons. The fourth-order valence-corrected chi connectivity index (χ4v) is 3.65. The minimum atomic E-state index is 0.388. The van der Waals surface area contributed by atoms with Gasteiger partial charge in [0.25, 0.3) is 0 Å². The second kappa shape index (κ2) is 7.12. The molecule has 3 atom stereocenters. The predicted molar refractivity (Wildman–Crippen MR) is 84.9 cm³/mol. The van der Waals surface area contributed by atoms with Gasteiger partial charge in [0.1, 0.15) is 5.75 Å². The first-order valence-corrected chi connectivity index (χ1v) is 8.11. The summed E-state index contributed by atoms with van der Waals surface area (Å²) in [5.74, 6) is 2.72. The van der Waals surface area contributed by atoms with Crippen molar-refractivity contribution in [2.45, 2.75) is 52.5 Å². The van der Waals surface area contributed by atoms with Gasteiger partial charge in [-0.25, -0.2) is 0 Å². The quantitative estimate of drug-likeness (QED) is 0.851. The molecule has 2 heteroatoms. The Morgan fingerprint density at radius 2 is 2.10 bits per heavy atom. The summed E-state index contributed by atoms with van der Waals surface area (Å²) in [6.45, 7) is 7.95. The highest BCUT2D eigenvalue weighted by Crippen LogP contribution is 2.36. The first kappa shape index (κ1) is 15.4. The Hall–Kier alpha value is -1.02. The highest BCUT2D eigenvalue weighted by Gasteiger charge is 2.31. The first-order valence-electron chi connectivity index (χ1n) is 8.11. The van der Waals surface area contributed by atoms with E-state index < -0.39 is 0 Å². The van der Waals surface area contributed by atoms with Crippen LogP contribution in [-0.4, -0.2) is 17.7 Å². The third kappa shape index (κ3) is 3.99. The van der Waals surface area contributed by atoms with Crippen LogP contribution in [0.4, 0.5) is 0 Å². The van der Waals surface area contributed by atoms with E-state index in [1.807, 2.05) is 12.1 Å². The largest absolute Gasteiger partial charge is 0.508 e. The van der Waals surface area contributed by atoms with Gasteiger partial charge in [0, 0.05) is 6.04 Å². The van der Waals surface area contributed by atoms with Crippen LogP contribution >= 0.6 is 0 Å². The van der Waals surface area contributed by atoms with Crippen LogP contribution in [0.3, 0.4) is 0 Å². The molecule has 0 heterocycles. The van der Waals surface area contributed by atoms with Gasteiger partial charge >= 0.3 is 0 Å². The van der Waals surface area contributed by atoms with Crippen LogP contribution in [0.1, 0.15) is 45.6 Å². The summed E-state index contributed by atoms with van der Waals surface area (Å²) >= 11 is 0. The van der Waals surface area contributed by atoms with Crippen LogP contribution in [0.2, 0.25) is 0 Å². The third-order valence-electron chi connectivity index (χ3n) is 4.84. The predicted octanol–water partition coefficient (Wildman–Crippen LogP) is 3.99. The van der Waals surface area contributed by atoms with Crippen molar-refractivity contribution in [3.63, 3.8) is 0 Å². The second-order valence-electron chi connectivity index (χ2n) is 6.62. The topological polar surface area (TPSA) is 32.3 Å². The van der Waals surface area contributed by atoms with Crippen molar-refractivity contribution in [3.8, 4) is 5.75 Å². The van der Waals surface area contributed by atoms with Crippen molar-refractivity contribution < 1.29 is 5.11 Å². The van der Waals surface area contributed by atoms with Crippen molar-refractivity contribution in [1.29, 1.82) is 0 Å². The lowest BCUT2D eigenvalue weighted by atomic mass is 9.71. The highest BCUT2D eigenvalue weighted by molar-refractivity contribution is 5.27. The Morgan fingerprint density at radius 3 is 2.75 bits per heavy atom. The maximum absolute atomic E-state index is 9.64. The van der Waals surface area contributed by atoms with Crippen molar-refractivity contribution >= 4 is 0 Å². The van der Waals surface area contributed by atoms with Crippen LogP contribution in [-0.2, 0) is 6.42 Å². The van der Waals surface area contributed by atoms with Crippen molar-refractivity contribution in [1.82, 2.24) is 5.32 Å². The van der Waals surface area contributed by atoms with Gasteiger partial charge in [-0.05, 0) is 67.7 Å². The SMILES string of the molecule is CCNC1CCC(C(C)C)CC1Cc1cccc(O)c1. The fraction of sp³-hybridized carbons (Fsp3) is 0.667. The summed E-state index contributed by atoms with van der Waals surface area (Å²) in [7, 11) is 0. The molecule has 0 amide bonds. The Labute approximate surface area is 123 Å². The molecule has 0 bridgehead atoms. The molecule has 2 rings (SSSR count). The monoisotopic (exact) mass is 275 g/mol. The molecule has 0 aliphatic heterocycles. The van der Waals surface area contributed by atoms with E-state index in [2.05, 4.69) is 32.2 Å². The van der Waals surface area contributed by atoms with E-state index in [-0.39, 0.29) is 0 Å². The number of rotatable bonds is 5. The summed E-state index contributed by atoms with van der Waals surface area (Å²) in [6.07, 6.45) is 5.03. The Morgan fingerprint density at radius 1 is 1.30 bits per heavy atom. The zero-order chi connectivity index (χ0) is 14.5. The van der Waals surface area contributed by atoms with Gasteiger partial charge in [-0.2, -0.15) is 0 Å². The maximum Gasteiger partial charge on any atom is 0.115 e. The molecule has 1 aliphatic carbocycles. The van der Waals surface area contributed by atoms with E-state index in [0.29, 0.717) is 17.7 Å². The molecular weight excluding hydrogens is 246 g/mol. The van der Waals surface area contributed by atoms with Crippen LogP contribution < -0.4 is 5.32 Å². The zero-order valence-electron chi connectivity index (χ0n) is 13.1. The molecule has 20 heavy (non-hydrogen) atoms. The molecule has 0 saturated heterocycles. The zero-order valence-corrected chi connectivity index (χ0v) is 13.1. The van der Waals surface area contributed by atoms with Crippen LogP contribution in [0, 0.1) is 17.8 Å². The number of nitrogens with one attached hydrogen (secondary N) is 1. The molecule has 1 aromatic carbocycles. The number of benzene rings is 1. The Kier molecular flexibility index (Phi) is 5.47. The summed E-state index contributed by atoms with van der Waals surface area (Å²) < 4.78 is 0. The Bertz CT molecular complexity index is 416. The number of phenolic OH excluding ortho intramolecular Hbond substituents is 1. The average molecular weight is 275 g/mol. The second-order valence-corrected chi connectivity index (χ2v) is 6.62. The van der Waals surface area contributed by atoms with Gasteiger partial charge in [-0.1, -0.05) is 32.9 Å². The van der Waals surface area contributed by atoms with E-state index in [1.54, 1.807) is 6.07 Å². The van der Waals surface area contributed by atoms with Crippen LogP contribution in [0.15, 0.2) is 24.3 Å². The highest BCUT2D eigenvalue weighted by atomic mass is 16.3. The molecular formula is C18H29NO. The molecule has 0 spiro atoms. The van der Waals surface area contributed by atoms with Crippen molar-refractivity contribution in [3.05, 3.63) is 29.8 Å². The van der Waals surface area contributed by atoms with E-state index >= 15 is 0 Å². The third-order valence-corrected chi connectivity index (χ3v) is 4.84. The van der Waals surface area contributed by atoms with Crippen molar-refractivity contribution in [2.75, 3.05) is 6.54 Å². The number of hydrogen-bond acceptors (Lipinski definition) is 2. The molecule has 1 aromatic rings. The van der Waals surface area contributed by atoms with Gasteiger partial charge in [0.2, 0.25) is 0 Å². The van der Waals surface area contributed by atoms with E-state index in [1.165, 1.54) is 24.8 Å². The van der Waals surface area contributed by atoms with Gasteiger partial charge in [-0.15, -0.1) is 0 Å². The maximum atomic E-state index is 9.64. The number of hydrogen-bond donors (Lipinski definition) is 2. The van der Waals surface area contributed by atoms with E-state index in [9.17, 15) is 5.11 Å². The first-order chi connectivity index (χ1) is 9.60. The van der Waals surface area contributed by atoms with E-state index in [0.717, 1.165) is 24.8 Å². The summed E-state index contributed by atoms with van der Waals surface area (Å²) in [5.41, 5.74) is 1.27. The molecule has 1 fully saturated rings. The average Bonchev–Trinajstić information content (AvgIpc) is 2.41. The molecule has 2 nitrogen and oxygen atoms in total. The molecule has 112 valence electrons. The van der Waals surface area contributed by atoms with Crippen molar-refractivity contribution in [2.24, 2.45) is 17.8 Å². The molecule has 0 aromatic heterocycles. The minimum Gasteiger partial charge on any atom is -0.508 e. The molecule has 3 unspecified atom stereocenters. The molecule has 1 saturated carbocycles. The summed E-state index contributed by atoms with van der Waals surface area (Å²) in [6, 6.07) is 8.40. The number of aromatic hydroxyl groups is 1. The standard InChI is InChI=1S/C18H29NO/c1-4-19-18-9-8-15(13(2)3)12-16(18)10-14-6-5-7-17(20)11-14/h5-7,11,13,15-16,18-20H,4,8-10,12H2,1-3H3. The smallest absolute Gasteiger partial charge is 0.115 e. The van der Waals surface area contributed by atoms with Gasteiger partial charge in [-0.3, -0.25) is 0 Å². The fourth-order valence-electron chi connectivity index (χ4n) is 3.65. The Balaban J connectivity index is 2.06.